The van der Waals surface area contributed by atoms with Gasteiger partial charge in [-0.2, -0.15) is 0 Å². The molecule has 1 heterocycles. The van der Waals surface area contributed by atoms with Crippen molar-refractivity contribution in [1.29, 1.82) is 0 Å². The summed E-state index contributed by atoms with van der Waals surface area (Å²) in [5.41, 5.74) is -0.670. The van der Waals surface area contributed by atoms with Crippen LogP contribution in [0.2, 0.25) is 0 Å². The minimum absolute atomic E-state index is 0.00531. The fourth-order valence-electron chi connectivity index (χ4n) is 3.25. The topological polar surface area (TPSA) is 52.6 Å². The molecule has 1 aliphatic heterocycles. The summed E-state index contributed by atoms with van der Waals surface area (Å²) >= 11 is 0. The summed E-state index contributed by atoms with van der Waals surface area (Å²) in [7, 11) is 0. The first-order chi connectivity index (χ1) is 9.13. The van der Waals surface area contributed by atoms with E-state index in [2.05, 4.69) is 12.2 Å². The lowest BCUT2D eigenvalue weighted by atomic mass is 9.78. The Bertz CT molecular complexity index is 293. The molecule has 2 aliphatic rings. The van der Waals surface area contributed by atoms with Gasteiger partial charge >= 0.3 is 6.03 Å². The van der Waals surface area contributed by atoms with E-state index >= 15 is 0 Å². The van der Waals surface area contributed by atoms with E-state index < -0.39 is 5.60 Å². The van der Waals surface area contributed by atoms with Crippen LogP contribution >= 0.6 is 0 Å². The summed E-state index contributed by atoms with van der Waals surface area (Å²) < 4.78 is 0. The van der Waals surface area contributed by atoms with Crippen LogP contribution in [0.3, 0.4) is 0 Å². The van der Waals surface area contributed by atoms with Gasteiger partial charge in [0.25, 0.3) is 0 Å². The first-order valence-electron chi connectivity index (χ1n) is 7.88. The van der Waals surface area contributed by atoms with Crippen molar-refractivity contribution >= 4 is 6.03 Å². The van der Waals surface area contributed by atoms with Crippen molar-refractivity contribution in [3.05, 3.63) is 0 Å². The zero-order valence-corrected chi connectivity index (χ0v) is 12.2. The third-order valence-electron chi connectivity index (χ3n) is 4.83. The van der Waals surface area contributed by atoms with Crippen LogP contribution in [0.5, 0.6) is 0 Å². The van der Waals surface area contributed by atoms with Crippen molar-refractivity contribution in [2.45, 2.75) is 63.9 Å². The number of rotatable bonds is 3. The van der Waals surface area contributed by atoms with E-state index in [0.29, 0.717) is 6.54 Å². The van der Waals surface area contributed by atoms with Crippen LogP contribution in [-0.2, 0) is 0 Å². The molecule has 2 amide bonds. The Morgan fingerprint density at radius 1 is 1.26 bits per heavy atom. The molecule has 19 heavy (non-hydrogen) atoms. The Morgan fingerprint density at radius 2 is 1.89 bits per heavy atom. The molecule has 2 rings (SSSR count). The summed E-state index contributed by atoms with van der Waals surface area (Å²) in [6.45, 7) is 4.36. The van der Waals surface area contributed by atoms with Crippen LogP contribution in [0.4, 0.5) is 4.79 Å². The minimum atomic E-state index is -0.670. The molecule has 0 spiro atoms. The number of amides is 2. The van der Waals surface area contributed by atoms with Gasteiger partial charge in [0.1, 0.15) is 0 Å². The Balaban J connectivity index is 1.73. The highest BCUT2D eigenvalue weighted by Crippen LogP contribution is 2.33. The number of carbonyl (C=O) groups excluding carboxylic acids is 1. The summed E-state index contributed by atoms with van der Waals surface area (Å²) in [6.07, 6.45) is 8.48. The normalized spacial score (nSPS) is 32.1. The van der Waals surface area contributed by atoms with Gasteiger partial charge in [-0.05, 0) is 50.9 Å². The molecule has 1 aliphatic carbocycles. The Hall–Kier alpha value is -0.770. The summed E-state index contributed by atoms with van der Waals surface area (Å²) in [5, 5.41) is 13.4. The lowest BCUT2D eigenvalue weighted by Crippen LogP contribution is -2.50. The monoisotopic (exact) mass is 268 g/mol. The van der Waals surface area contributed by atoms with E-state index in [9.17, 15) is 9.90 Å². The molecule has 0 bridgehead atoms. The molecule has 1 saturated heterocycles. The zero-order chi connectivity index (χ0) is 13.7. The van der Waals surface area contributed by atoms with Gasteiger partial charge in [-0.3, -0.25) is 0 Å². The second-order valence-corrected chi connectivity index (χ2v) is 6.28. The van der Waals surface area contributed by atoms with Gasteiger partial charge in [0.05, 0.1) is 5.60 Å². The van der Waals surface area contributed by atoms with Crippen molar-refractivity contribution in [1.82, 2.24) is 10.2 Å². The molecule has 110 valence electrons. The molecule has 0 aromatic carbocycles. The number of carbonyl (C=O) groups is 1. The van der Waals surface area contributed by atoms with Gasteiger partial charge in [0.15, 0.2) is 0 Å². The van der Waals surface area contributed by atoms with E-state index in [1.807, 2.05) is 4.90 Å². The molecule has 0 aromatic rings. The number of piperidine rings is 1. The van der Waals surface area contributed by atoms with Gasteiger partial charge in [0.2, 0.25) is 0 Å². The van der Waals surface area contributed by atoms with Crippen molar-refractivity contribution in [2.24, 2.45) is 5.92 Å². The largest absolute Gasteiger partial charge is 0.388 e. The van der Waals surface area contributed by atoms with Gasteiger partial charge in [-0.1, -0.05) is 13.3 Å². The first-order valence-corrected chi connectivity index (χ1v) is 7.88. The van der Waals surface area contributed by atoms with Gasteiger partial charge in [-0.15, -0.1) is 0 Å². The lowest BCUT2D eigenvalue weighted by molar-refractivity contribution is -0.00738. The first kappa shape index (κ1) is 14.6. The smallest absolute Gasteiger partial charge is 0.317 e. The van der Waals surface area contributed by atoms with Crippen molar-refractivity contribution in [2.75, 3.05) is 19.6 Å². The summed E-state index contributed by atoms with van der Waals surface area (Å²) in [6, 6.07) is 0.00531. The molecule has 0 atom stereocenters. The fraction of sp³-hybridized carbons (Fsp3) is 0.933. The van der Waals surface area contributed by atoms with Crippen LogP contribution in [0, 0.1) is 5.92 Å². The van der Waals surface area contributed by atoms with Gasteiger partial charge < -0.3 is 15.3 Å². The number of nitrogens with one attached hydrogen (secondary N) is 1. The lowest BCUT2D eigenvalue weighted by Gasteiger charge is -2.36. The molecule has 4 nitrogen and oxygen atoms in total. The Morgan fingerprint density at radius 3 is 2.47 bits per heavy atom. The number of nitrogens with zero attached hydrogens (tertiary/aromatic N) is 1. The van der Waals surface area contributed by atoms with Crippen molar-refractivity contribution in [3.8, 4) is 0 Å². The fourth-order valence-corrected chi connectivity index (χ4v) is 3.25. The third kappa shape index (κ3) is 4.10. The van der Waals surface area contributed by atoms with E-state index in [4.69, 9.17) is 0 Å². The van der Waals surface area contributed by atoms with Gasteiger partial charge in [0, 0.05) is 19.6 Å². The van der Waals surface area contributed by atoms with Crippen LogP contribution < -0.4 is 5.32 Å². The zero-order valence-electron chi connectivity index (χ0n) is 12.2. The van der Waals surface area contributed by atoms with Crippen LogP contribution in [0.15, 0.2) is 0 Å². The number of hydrogen-bond donors (Lipinski definition) is 2. The molecular weight excluding hydrogens is 240 g/mol. The van der Waals surface area contributed by atoms with E-state index in [1.54, 1.807) is 0 Å². The van der Waals surface area contributed by atoms with Crippen molar-refractivity contribution in [3.63, 3.8) is 0 Å². The van der Waals surface area contributed by atoms with Crippen LogP contribution in [0.25, 0.3) is 0 Å². The highest BCUT2D eigenvalue weighted by molar-refractivity contribution is 5.74. The SMILES string of the molecule is CCC1CCC(O)(CNC(=O)N2CCCCC2)CC1. The number of hydrogen-bond acceptors (Lipinski definition) is 2. The summed E-state index contributed by atoms with van der Waals surface area (Å²) in [5.74, 6) is 0.762. The van der Waals surface area contributed by atoms with E-state index in [1.165, 1.54) is 12.8 Å². The quantitative estimate of drug-likeness (QED) is 0.826. The summed E-state index contributed by atoms with van der Waals surface area (Å²) in [4.78, 5) is 13.9. The van der Waals surface area contributed by atoms with E-state index in [0.717, 1.165) is 57.5 Å². The average Bonchev–Trinajstić information content (AvgIpc) is 2.47. The molecule has 2 fully saturated rings. The second kappa shape index (κ2) is 6.60. The second-order valence-electron chi connectivity index (χ2n) is 6.28. The number of aliphatic hydroxyl groups is 1. The van der Waals surface area contributed by atoms with Gasteiger partial charge in [-0.25, -0.2) is 4.79 Å². The highest BCUT2D eigenvalue weighted by atomic mass is 16.3. The predicted molar refractivity (Wildman–Crippen MR) is 76.0 cm³/mol. The molecule has 0 radical (unpaired) electrons. The standard InChI is InChI=1S/C15H28N2O2/c1-2-13-6-8-15(19,9-7-13)12-16-14(18)17-10-4-3-5-11-17/h13,19H,2-12H2,1H3,(H,16,18). The average molecular weight is 268 g/mol. The van der Waals surface area contributed by atoms with E-state index in [-0.39, 0.29) is 6.03 Å². The Labute approximate surface area is 116 Å². The molecule has 4 heteroatoms. The number of likely N-dealkylation sites (tertiary alicyclic amines) is 1. The molecule has 1 saturated carbocycles. The maximum Gasteiger partial charge on any atom is 0.317 e. The highest BCUT2D eigenvalue weighted by Gasteiger charge is 2.33. The third-order valence-corrected chi connectivity index (χ3v) is 4.83. The Kier molecular flexibility index (Phi) is 5.08. The predicted octanol–water partition coefficient (Wildman–Crippen LogP) is 2.51. The molecule has 2 N–H and O–H groups in total. The molecule has 0 aromatic heterocycles. The molecular formula is C15H28N2O2. The van der Waals surface area contributed by atoms with Crippen LogP contribution in [0.1, 0.15) is 58.3 Å². The maximum atomic E-state index is 12.0. The minimum Gasteiger partial charge on any atom is -0.388 e. The molecule has 0 unspecified atom stereocenters. The maximum absolute atomic E-state index is 12.0. The number of urea groups is 1. The van der Waals surface area contributed by atoms with Crippen molar-refractivity contribution < 1.29 is 9.90 Å². The van der Waals surface area contributed by atoms with Crippen LogP contribution in [-0.4, -0.2) is 41.3 Å².